The number of fused-ring (bicyclic) bond motifs is 2. The van der Waals surface area contributed by atoms with Gasteiger partial charge in [-0.25, -0.2) is 0 Å². The minimum absolute atomic E-state index is 0.000434. The molecule has 0 fully saturated rings. The number of rotatable bonds is 3. The van der Waals surface area contributed by atoms with Crippen molar-refractivity contribution in [1.29, 1.82) is 0 Å². The number of anilines is 1. The number of hydrogen-bond acceptors (Lipinski definition) is 4. The fourth-order valence-electron chi connectivity index (χ4n) is 2.44. The van der Waals surface area contributed by atoms with Gasteiger partial charge >= 0.3 is 0 Å². The summed E-state index contributed by atoms with van der Waals surface area (Å²) in [5, 5.41) is 2.94. The first kappa shape index (κ1) is 13.2. The van der Waals surface area contributed by atoms with Gasteiger partial charge in [-0.1, -0.05) is 24.3 Å². The molecule has 1 N–H and O–H groups in total. The van der Waals surface area contributed by atoms with Crippen molar-refractivity contribution in [3.63, 3.8) is 0 Å². The summed E-state index contributed by atoms with van der Waals surface area (Å²) in [7, 11) is 0. The van der Waals surface area contributed by atoms with Gasteiger partial charge in [0, 0.05) is 27.9 Å². The van der Waals surface area contributed by atoms with Crippen LogP contribution in [0.3, 0.4) is 0 Å². The molecule has 0 saturated heterocycles. The molecule has 0 unspecified atom stereocenters. The van der Waals surface area contributed by atoms with Gasteiger partial charge in [-0.15, -0.1) is 0 Å². The average molecular weight is 279 g/mol. The van der Waals surface area contributed by atoms with E-state index < -0.39 is 0 Å². The third kappa shape index (κ3) is 2.25. The molecule has 1 aliphatic carbocycles. The number of ketones is 3. The van der Waals surface area contributed by atoms with Crippen LogP contribution in [-0.4, -0.2) is 23.9 Å². The third-order valence-electron chi connectivity index (χ3n) is 3.47. The largest absolute Gasteiger partial charge is 0.378 e. The number of benzene rings is 2. The molecule has 0 aliphatic heterocycles. The standard InChI is InChI=1S/C17H13NO3/c1-10(19)9-18-11-6-7-14-15(8-11)17(21)13-5-3-2-4-12(13)16(14)20/h2-8,18H,9H2,1H3. The monoisotopic (exact) mass is 279 g/mol. The summed E-state index contributed by atoms with van der Waals surface area (Å²) < 4.78 is 0. The lowest BCUT2D eigenvalue weighted by atomic mass is 9.84. The maximum absolute atomic E-state index is 12.5. The molecule has 0 bridgehead atoms. The second-order valence-corrected chi connectivity index (χ2v) is 5.02. The highest BCUT2D eigenvalue weighted by Gasteiger charge is 2.29. The Morgan fingerprint density at radius 1 is 0.905 bits per heavy atom. The Labute approximate surface area is 121 Å². The molecule has 0 atom stereocenters. The lowest BCUT2D eigenvalue weighted by Crippen LogP contribution is -2.21. The van der Waals surface area contributed by atoms with Crippen LogP contribution < -0.4 is 5.32 Å². The van der Waals surface area contributed by atoms with Gasteiger partial charge in [0.1, 0.15) is 5.78 Å². The summed E-state index contributed by atoms with van der Waals surface area (Å²) >= 11 is 0. The van der Waals surface area contributed by atoms with Crippen molar-refractivity contribution in [2.45, 2.75) is 6.92 Å². The smallest absolute Gasteiger partial charge is 0.194 e. The number of nitrogens with one attached hydrogen (secondary N) is 1. The van der Waals surface area contributed by atoms with Crippen molar-refractivity contribution in [1.82, 2.24) is 0 Å². The summed E-state index contributed by atoms with van der Waals surface area (Å²) in [6.45, 7) is 1.67. The second kappa shape index (κ2) is 4.98. The minimum atomic E-state index is -0.160. The van der Waals surface area contributed by atoms with Crippen LogP contribution in [0.1, 0.15) is 38.8 Å². The van der Waals surface area contributed by atoms with E-state index in [1.807, 2.05) is 0 Å². The van der Waals surface area contributed by atoms with E-state index in [0.717, 1.165) is 0 Å². The zero-order valence-electron chi connectivity index (χ0n) is 11.5. The molecule has 2 aromatic carbocycles. The van der Waals surface area contributed by atoms with E-state index >= 15 is 0 Å². The molecule has 4 nitrogen and oxygen atoms in total. The molecule has 0 aromatic heterocycles. The number of hydrogen-bond donors (Lipinski definition) is 1. The first-order valence-corrected chi connectivity index (χ1v) is 6.63. The molecule has 0 amide bonds. The molecule has 3 rings (SSSR count). The summed E-state index contributed by atoms with van der Waals surface area (Å²) in [5.41, 5.74) is 2.32. The van der Waals surface area contributed by atoms with Crippen molar-refractivity contribution in [2.75, 3.05) is 11.9 Å². The van der Waals surface area contributed by atoms with Crippen molar-refractivity contribution in [3.05, 3.63) is 64.7 Å². The van der Waals surface area contributed by atoms with Crippen LogP contribution in [0.15, 0.2) is 42.5 Å². The first-order chi connectivity index (χ1) is 10.1. The van der Waals surface area contributed by atoms with Crippen molar-refractivity contribution in [3.8, 4) is 0 Å². The summed E-state index contributed by atoms with van der Waals surface area (Å²) in [4.78, 5) is 35.9. The normalized spacial score (nSPS) is 12.6. The van der Waals surface area contributed by atoms with Gasteiger partial charge in [-0.2, -0.15) is 0 Å². The average Bonchev–Trinajstić information content (AvgIpc) is 2.50. The summed E-state index contributed by atoms with van der Waals surface area (Å²) in [6.07, 6.45) is 0. The van der Waals surface area contributed by atoms with E-state index in [1.165, 1.54) is 6.92 Å². The van der Waals surface area contributed by atoms with E-state index in [0.29, 0.717) is 27.9 Å². The molecule has 1 aliphatic rings. The summed E-state index contributed by atoms with van der Waals surface area (Å²) in [5.74, 6) is -0.300. The van der Waals surface area contributed by atoms with Crippen LogP contribution in [0.4, 0.5) is 5.69 Å². The predicted molar refractivity (Wildman–Crippen MR) is 78.9 cm³/mol. The fourth-order valence-corrected chi connectivity index (χ4v) is 2.44. The maximum atomic E-state index is 12.5. The maximum Gasteiger partial charge on any atom is 0.194 e. The van der Waals surface area contributed by atoms with Crippen LogP contribution in [0.25, 0.3) is 0 Å². The molecule has 2 aromatic rings. The van der Waals surface area contributed by atoms with Crippen molar-refractivity contribution < 1.29 is 14.4 Å². The van der Waals surface area contributed by atoms with Gasteiger partial charge < -0.3 is 5.32 Å². The van der Waals surface area contributed by atoms with Gasteiger partial charge in [0.05, 0.1) is 6.54 Å². The van der Waals surface area contributed by atoms with Crippen LogP contribution in [0.5, 0.6) is 0 Å². The van der Waals surface area contributed by atoms with Crippen LogP contribution in [-0.2, 0) is 4.79 Å². The Bertz CT molecular complexity index is 777. The Kier molecular flexibility index (Phi) is 3.14. The molecule has 0 heterocycles. The van der Waals surface area contributed by atoms with E-state index in [2.05, 4.69) is 5.32 Å². The number of Topliss-reactive ketones (excluding diaryl/α,β-unsaturated/α-hetero) is 1. The molecule has 4 heteroatoms. The van der Waals surface area contributed by atoms with E-state index in [9.17, 15) is 14.4 Å². The molecular formula is C17H13NO3. The van der Waals surface area contributed by atoms with E-state index in [1.54, 1.807) is 42.5 Å². The van der Waals surface area contributed by atoms with Crippen LogP contribution in [0, 0.1) is 0 Å². The highest BCUT2D eigenvalue weighted by Crippen LogP contribution is 2.28. The van der Waals surface area contributed by atoms with E-state index in [-0.39, 0.29) is 23.9 Å². The zero-order valence-corrected chi connectivity index (χ0v) is 11.5. The van der Waals surface area contributed by atoms with Gasteiger partial charge in [0.25, 0.3) is 0 Å². The van der Waals surface area contributed by atoms with Crippen LogP contribution >= 0.6 is 0 Å². The lowest BCUT2D eigenvalue weighted by Gasteiger charge is -2.18. The van der Waals surface area contributed by atoms with Gasteiger partial charge in [0.2, 0.25) is 0 Å². The summed E-state index contributed by atoms with van der Waals surface area (Å²) in [6, 6.07) is 11.8. The fraction of sp³-hybridized carbons (Fsp3) is 0.118. The first-order valence-electron chi connectivity index (χ1n) is 6.63. The Morgan fingerprint density at radius 3 is 2.10 bits per heavy atom. The van der Waals surface area contributed by atoms with Gasteiger partial charge in [0.15, 0.2) is 11.6 Å². The SMILES string of the molecule is CC(=O)CNc1ccc2c(c1)C(=O)c1ccccc1C2=O. The molecule has 0 spiro atoms. The molecular weight excluding hydrogens is 266 g/mol. The van der Waals surface area contributed by atoms with Crippen LogP contribution in [0.2, 0.25) is 0 Å². The molecule has 21 heavy (non-hydrogen) atoms. The lowest BCUT2D eigenvalue weighted by molar-refractivity contribution is -0.115. The number of carbonyl (C=O) groups excluding carboxylic acids is 3. The van der Waals surface area contributed by atoms with Gasteiger partial charge in [-0.3, -0.25) is 14.4 Å². The Balaban J connectivity index is 2.04. The Hall–Kier alpha value is -2.75. The van der Waals surface area contributed by atoms with Crippen molar-refractivity contribution >= 4 is 23.0 Å². The zero-order chi connectivity index (χ0) is 15.0. The highest BCUT2D eigenvalue weighted by atomic mass is 16.1. The topological polar surface area (TPSA) is 63.2 Å². The second-order valence-electron chi connectivity index (χ2n) is 5.02. The predicted octanol–water partition coefficient (Wildman–Crippen LogP) is 2.46. The molecule has 104 valence electrons. The third-order valence-corrected chi connectivity index (χ3v) is 3.47. The molecule has 0 saturated carbocycles. The number of carbonyl (C=O) groups is 3. The quantitative estimate of drug-likeness (QED) is 0.800. The van der Waals surface area contributed by atoms with Gasteiger partial charge in [-0.05, 0) is 25.1 Å². The Morgan fingerprint density at radius 2 is 1.48 bits per heavy atom. The minimum Gasteiger partial charge on any atom is -0.378 e. The van der Waals surface area contributed by atoms with Crippen molar-refractivity contribution in [2.24, 2.45) is 0 Å². The highest BCUT2D eigenvalue weighted by molar-refractivity contribution is 6.28. The van der Waals surface area contributed by atoms with E-state index in [4.69, 9.17) is 0 Å². The molecule has 0 radical (unpaired) electrons.